The van der Waals surface area contributed by atoms with E-state index in [4.69, 9.17) is 0 Å². The molecule has 4 rings (SSSR count). The van der Waals surface area contributed by atoms with Crippen LogP contribution >= 0.6 is 11.8 Å². The van der Waals surface area contributed by atoms with E-state index in [-0.39, 0.29) is 22.6 Å². The lowest BCUT2D eigenvalue weighted by Crippen LogP contribution is -2.48. The number of nitrogens with zero attached hydrogens (tertiary/aromatic N) is 1. The molecule has 2 heterocycles. The highest BCUT2D eigenvalue weighted by Gasteiger charge is 2.52. The van der Waals surface area contributed by atoms with Gasteiger partial charge in [-0.05, 0) is 44.4 Å². The number of anilines is 1. The minimum Gasteiger partial charge on any atom is -0.349 e. The Bertz CT molecular complexity index is 749. The number of benzene rings is 1. The number of carbonyl (C=O) groups is 3. The molecule has 0 radical (unpaired) electrons. The summed E-state index contributed by atoms with van der Waals surface area (Å²) in [5.41, 5.74) is 1.12. The second kappa shape index (κ2) is 6.05. The van der Waals surface area contributed by atoms with Crippen molar-refractivity contribution in [2.45, 2.75) is 49.6 Å². The summed E-state index contributed by atoms with van der Waals surface area (Å²) in [6.07, 6.45) is 3.36. The molecule has 2 unspecified atom stereocenters. The van der Waals surface area contributed by atoms with E-state index in [2.05, 4.69) is 10.6 Å². The normalized spacial score (nSPS) is 28.0. The number of amides is 3. The van der Waals surface area contributed by atoms with Crippen molar-refractivity contribution in [3.8, 4) is 0 Å². The Hall–Kier alpha value is -2.02. The zero-order valence-corrected chi connectivity index (χ0v) is 14.9. The first-order valence-corrected chi connectivity index (χ1v) is 9.63. The molecule has 3 amide bonds. The Labute approximate surface area is 150 Å². The van der Waals surface area contributed by atoms with Gasteiger partial charge in [-0.25, -0.2) is 0 Å². The van der Waals surface area contributed by atoms with Crippen molar-refractivity contribution in [1.82, 2.24) is 10.2 Å². The molecule has 25 heavy (non-hydrogen) atoms. The molecular formula is C18H21N3O3S. The van der Waals surface area contributed by atoms with E-state index < -0.39 is 6.04 Å². The van der Waals surface area contributed by atoms with E-state index in [1.54, 1.807) is 40.9 Å². The van der Waals surface area contributed by atoms with Crippen LogP contribution in [-0.2, 0) is 9.59 Å². The summed E-state index contributed by atoms with van der Waals surface area (Å²) < 4.78 is 0. The Balaban J connectivity index is 1.46. The minimum atomic E-state index is -0.450. The summed E-state index contributed by atoms with van der Waals surface area (Å²) in [4.78, 5) is 38.5. The number of fused-ring (bicyclic) bond motifs is 1. The first kappa shape index (κ1) is 16.4. The Morgan fingerprint density at radius 1 is 1.32 bits per heavy atom. The van der Waals surface area contributed by atoms with E-state index in [1.165, 1.54) is 0 Å². The summed E-state index contributed by atoms with van der Waals surface area (Å²) in [5.74, 6) is 0.351. The van der Waals surface area contributed by atoms with Crippen LogP contribution in [0.3, 0.4) is 0 Å². The average Bonchev–Trinajstić information content (AvgIpc) is 3.26. The van der Waals surface area contributed by atoms with Crippen molar-refractivity contribution in [2.75, 3.05) is 11.1 Å². The summed E-state index contributed by atoms with van der Waals surface area (Å²) in [6.45, 7) is 2.03. The molecule has 132 valence electrons. The average molecular weight is 359 g/mol. The fourth-order valence-corrected chi connectivity index (χ4v) is 4.91. The molecule has 2 N–H and O–H groups in total. The maximum atomic E-state index is 12.7. The summed E-state index contributed by atoms with van der Waals surface area (Å²) in [7, 11) is 0. The molecule has 0 spiro atoms. The summed E-state index contributed by atoms with van der Waals surface area (Å²) >= 11 is 1.67. The first-order chi connectivity index (χ1) is 12.0. The zero-order valence-electron chi connectivity index (χ0n) is 14.1. The van der Waals surface area contributed by atoms with Gasteiger partial charge in [0.1, 0.15) is 6.04 Å². The SMILES string of the molecule is CC12CCC(=O)N1C(C(=O)Nc1cccc(C(=O)NC3CC3)c1)CS2. The topological polar surface area (TPSA) is 78.5 Å². The number of carbonyl (C=O) groups excluding carboxylic acids is 3. The van der Waals surface area contributed by atoms with Gasteiger partial charge < -0.3 is 15.5 Å². The van der Waals surface area contributed by atoms with Crippen LogP contribution in [0, 0.1) is 0 Å². The maximum absolute atomic E-state index is 12.7. The van der Waals surface area contributed by atoms with Gasteiger partial charge in [-0.3, -0.25) is 14.4 Å². The molecule has 2 aliphatic heterocycles. The molecule has 0 aromatic heterocycles. The second-order valence-electron chi connectivity index (χ2n) is 7.08. The van der Waals surface area contributed by atoms with Gasteiger partial charge in [0.25, 0.3) is 5.91 Å². The Kier molecular flexibility index (Phi) is 3.98. The molecular weight excluding hydrogens is 338 g/mol. The lowest BCUT2D eigenvalue weighted by Gasteiger charge is -2.29. The molecule has 2 atom stereocenters. The van der Waals surface area contributed by atoms with Gasteiger partial charge in [0.2, 0.25) is 11.8 Å². The van der Waals surface area contributed by atoms with Crippen LogP contribution in [0.25, 0.3) is 0 Å². The highest BCUT2D eigenvalue weighted by atomic mass is 32.2. The molecule has 1 saturated carbocycles. The zero-order chi connectivity index (χ0) is 17.6. The maximum Gasteiger partial charge on any atom is 0.251 e. The molecule has 0 bridgehead atoms. The van der Waals surface area contributed by atoms with Crippen LogP contribution in [0.5, 0.6) is 0 Å². The quantitative estimate of drug-likeness (QED) is 0.862. The standard InChI is InChI=1S/C18H21N3O3S/c1-18-8-7-15(22)21(18)14(10-25-18)17(24)20-13-4-2-3-11(9-13)16(23)19-12-5-6-12/h2-4,9,12,14H,5-8,10H2,1H3,(H,19,23)(H,20,24). The van der Waals surface area contributed by atoms with Crippen LogP contribution in [0.2, 0.25) is 0 Å². The van der Waals surface area contributed by atoms with Gasteiger partial charge in [0.15, 0.2) is 0 Å². The third-order valence-corrected chi connectivity index (χ3v) is 6.56. The van der Waals surface area contributed by atoms with Crippen LogP contribution in [0.1, 0.15) is 43.0 Å². The Morgan fingerprint density at radius 2 is 2.12 bits per heavy atom. The highest BCUT2D eigenvalue weighted by Crippen LogP contribution is 2.47. The molecule has 7 heteroatoms. The summed E-state index contributed by atoms with van der Waals surface area (Å²) in [5, 5.41) is 5.81. The van der Waals surface area contributed by atoms with Gasteiger partial charge in [-0.1, -0.05) is 6.07 Å². The van der Waals surface area contributed by atoms with E-state index >= 15 is 0 Å². The number of nitrogens with one attached hydrogen (secondary N) is 2. The third-order valence-electron chi connectivity index (χ3n) is 5.05. The fourth-order valence-electron chi connectivity index (χ4n) is 3.47. The lowest BCUT2D eigenvalue weighted by molar-refractivity contribution is -0.135. The molecule has 1 aliphatic carbocycles. The van der Waals surface area contributed by atoms with E-state index in [9.17, 15) is 14.4 Å². The molecule has 6 nitrogen and oxygen atoms in total. The molecule has 1 aromatic carbocycles. The monoisotopic (exact) mass is 359 g/mol. The van der Waals surface area contributed by atoms with Crippen molar-refractivity contribution >= 4 is 35.2 Å². The number of rotatable bonds is 4. The number of thioether (sulfide) groups is 1. The van der Waals surface area contributed by atoms with Gasteiger partial charge in [0.05, 0.1) is 4.87 Å². The first-order valence-electron chi connectivity index (χ1n) is 8.64. The van der Waals surface area contributed by atoms with Crippen molar-refractivity contribution in [1.29, 1.82) is 0 Å². The van der Waals surface area contributed by atoms with E-state index in [1.807, 2.05) is 6.92 Å². The summed E-state index contributed by atoms with van der Waals surface area (Å²) in [6, 6.07) is 6.78. The lowest BCUT2D eigenvalue weighted by atomic mass is 10.1. The predicted octanol–water partition coefficient (Wildman–Crippen LogP) is 1.97. The highest BCUT2D eigenvalue weighted by molar-refractivity contribution is 8.01. The predicted molar refractivity (Wildman–Crippen MR) is 96.3 cm³/mol. The molecule has 3 fully saturated rings. The molecule has 3 aliphatic rings. The van der Waals surface area contributed by atoms with Crippen molar-refractivity contribution < 1.29 is 14.4 Å². The fraction of sp³-hybridized carbons (Fsp3) is 0.500. The minimum absolute atomic E-state index is 0.0465. The van der Waals surface area contributed by atoms with Crippen LogP contribution in [0.4, 0.5) is 5.69 Å². The second-order valence-corrected chi connectivity index (χ2v) is 8.58. The largest absolute Gasteiger partial charge is 0.349 e. The van der Waals surface area contributed by atoms with Gasteiger partial charge in [-0.2, -0.15) is 0 Å². The van der Waals surface area contributed by atoms with Crippen LogP contribution < -0.4 is 10.6 Å². The molecule has 1 aromatic rings. The molecule has 2 saturated heterocycles. The van der Waals surface area contributed by atoms with Crippen molar-refractivity contribution in [3.05, 3.63) is 29.8 Å². The third kappa shape index (κ3) is 3.13. The van der Waals surface area contributed by atoms with Crippen LogP contribution in [0.15, 0.2) is 24.3 Å². The van der Waals surface area contributed by atoms with Crippen molar-refractivity contribution in [3.63, 3.8) is 0 Å². The van der Waals surface area contributed by atoms with Gasteiger partial charge in [0, 0.05) is 29.5 Å². The van der Waals surface area contributed by atoms with Gasteiger partial charge in [-0.15, -0.1) is 11.8 Å². The number of hydrogen-bond acceptors (Lipinski definition) is 4. The smallest absolute Gasteiger partial charge is 0.251 e. The van der Waals surface area contributed by atoms with Crippen LogP contribution in [-0.4, -0.2) is 45.3 Å². The van der Waals surface area contributed by atoms with E-state index in [0.29, 0.717) is 29.5 Å². The Morgan fingerprint density at radius 3 is 2.88 bits per heavy atom. The van der Waals surface area contributed by atoms with Crippen molar-refractivity contribution in [2.24, 2.45) is 0 Å². The number of hydrogen-bond donors (Lipinski definition) is 2. The van der Waals surface area contributed by atoms with Gasteiger partial charge >= 0.3 is 0 Å². The van der Waals surface area contributed by atoms with E-state index in [0.717, 1.165) is 19.3 Å².